The van der Waals surface area contributed by atoms with Crippen LogP contribution in [0.3, 0.4) is 0 Å². The number of carbonyl (C=O) groups excluding carboxylic acids is 1. The first-order chi connectivity index (χ1) is 6.88. The molecule has 0 heterocycles. The molecule has 0 radical (unpaired) electrons. The van der Waals surface area contributed by atoms with Gasteiger partial charge in [0.05, 0.1) is 5.92 Å². The van der Waals surface area contributed by atoms with Crippen molar-refractivity contribution in [3.63, 3.8) is 0 Å². The summed E-state index contributed by atoms with van der Waals surface area (Å²) in [4.78, 5) is 12.0. The van der Waals surface area contributed by atoms with E-state index in [0.29, 0.717) is 5.78 Å². The molecule has 0 N–H and O–H groups in total. The van der Waals surface area contributed by atoms with Gasteiger partial charge in [0, 0.05) is 5.92 Å². The summed E-state index contributed by atoms with van der Waals surface area (Å²) < 4.78 is 0. The summed E-state index contributed by atoms with van der Waals surface area (Å²) in [6, 6.07) is 0. The molecule has 2 aliphatic rings. The fourth-order valence-corrected chi connectivity index (χ4v) is 2.08. The first-order valence-electron chi connectivity index (χ1n) is 5.41. The van der Waals surface area contributed by atoms with Gasteiger partial charge in [-0.2, -0.15) is 0 Å². The lowest BCUT2D eigenvalue weighted by Crippen LogP contribution is -2.21. The molecule has 2 aliphatic carbocycles. The number of Topliss-reactive ketones (excluding diaryl/α,β-unsaturated/α-hetero) is 1. The van der Waals surface area contributed by atoms with Crippen molar-refractivity contribution in [3.05, 3.63) is 36.5 Å². The highest BCUT2D eigenvalue weighted by molar-refractivity contribution is 5.88. The predicted octanol–water partition coefficient (Wildman–Crippen LogP) is 3.04. The first kappa shape index (κ1) is 9.45. The van der Waals surface area contributed by atoms with Gasteiger partial charge in [-0.3, -0.25) is 4.79 Å². The van der Waals surface area contributed by atoms with E-state index in [1.165, 1.54) is 0 Å². The lowest BCUT2D eigenvalue weighted by atomic mass is 9.84. The number of hydrogen-bond donors (Lipinski definition) is 0. The molecule has 1 atom stereocenters. The van der Waals surface area contributed by atoms with E-state index >= 15 is 0 Å². The van der Waals surface area contributed by atoms with Crippen LogP contribution in [0.25, 0.3) is 0 Å². The number of hydrogen-bond acceptors (Lipinski definition) is 1. The fraction of sp³-hybridized carbons (Fsp3) is 0.462. The second kappa shape index (κ2) is 4.41. The molecule has 1 heteroatoms. The summed E-state index contributed by atoms with van der Waals surface area (Å²) >= 11 is 0. The number of allylic oxidation sites excluding steroid dienone is 6. The van der Waals surface area contributed by atoms with Crippen LogP contribution in [-0.4, -0.2) is 5.78 Å². The van der Waals surface area contributed by atoms with Gasteiger partial charge in [-0.25, -0.2) is 0 Å². The smallest absolute Gasteiger partial charge is 0.150 e. The van der Waals surface area contributed by atoms with E-state index in [-0.39, 0.29) is 11.8 Å². The van der Waals surface area contributed by atoms with Gasteiger partial charge in [-0.05, 0) is 25.7 Å². The average Bonchev–Trinajstić information content (AvgIpc) is 2.30. The highest BCUT2D eigenvalue weighted by Crippen LogP contribution is 2.23. The third kappa shape index (κ3) is 2.03. The van der Waals surface area contributed by atoms with Gasteiger partial charge >= 0.3 is 0 Å². The lowest BCUT2D eigenvalue weighted by Gasteiger charge is -2.19. The molecule has 0 fully saturated rings. The van der Waals surface area contributed by atoms with Gasteiger partial charge in [0.25, 0.3) is 0 Å². The topological polar surface area (TPSA) is 17.1 Å². The average molecular weight is 188 g/mol. The highest BCUT2D eigenvalue weighted by atomic mass is 16.1. The standard InChI is InChI=1S/C13H16O/c14-13(11-7-3-1-4-8-11)12-9-5-2-6-10-12/h3-5,7-9,11-12H,1-2,6,10H2. The molecule has 0 aromatic carbocycles. The van der Waals surface area contributed by atoms with Gasteiger partial charge < -0.3 is 0 Å². The minimum atomic E-state index is 0.0384. The largest absolute Gasteiger partial charge is 0.298 e. The Bertz CT molecular complexity index is 284. The van der Waals surface area contributed by atoms with Crippen LogP contribution in [0.15, 0.2) is 36.5 Å². The zero-order valence-electron chi connectivity index (χ0n) is 8.36. The normalized spacial score (nSPS) is 26.7. The van der Waals surface area contributed by atoms with Crippen LogP contribution in [0.4, 0.5) is 0 Å². The van der Waals surface area contributed by atoms with E-state index < -0.39 is 0 Å². The number of carbonyl (C=O) groups is 1. The molecule has 0 spiro atoms. The summed E-state index contributed by atoms with van der Waals surface area (Å²) in [6.07, 6.45) is 16.8. The summed E-state index contributed by atoms with van der Waals surface area (Å²) in [5.74, 6) is 0.575. The maximum Gasteiger partial charge on any atom is 0.150 e. The van der Waals surface area contributed by atoms with E-state index in [9.17, 15) is 4.79 Å². The summed E-state index contributed by atoms with van der Waals surface area (Å²) in [6.45, 7) is 0. The molecule has 74 valence electrons. The molecule has 0 aromatic heterocycles. The monoisotopic (exact) mass is 188 g/mol. The SMILES string of the molecule is O=C(C1C=CCC=C1)C1C=CCCC1. The Morgan fingerprint density at radius 1 is 1.07 bits per heavy atom. The summed E-state index contributed by atoms with van der Waals surface area (Å²) in [5, 5.41) is 0. The third-order valence-electron chi connectivity index (χ3n) is 2.91. The van der Waals surface area contributed by atoms with Crippen molar-refractivity contribution in [3.8, 4) is 0 Å². The van der Waals surface area contributed by atoms with E-state index in [0.717, 1.165) is 25.7 Å². The third-order valence-corrected chi connectivity index (χ3v) is 2.91. The maximum absolute atomic E-state index is 12.0. The van der Waals surface area contributed by atoms with Gasteiger partial charge in [0.1, 0.15) is 5.78 Å². The minimum absolute atomic E-state index is 0.0384. The van der Waals surface area contributed by atoms with Gasteiger partial charge in [-0.15, -0.1) is 0 Å². The van der Waals surface area contributed by atoms with Crippen molar-refractivity contribution in [2.45, 2.75) is 25.7 Å². The molecule has 0 bridgehead atoms. The minimum Gasteiger partial charge on any atom is -0.298 e. The molecule has 0 aromatic rings. The molecule has 0 aliphatic heterocycles. The van der Waals surface area contributed by atoms with Crippen LogP contribution in [0.1, 0.15) is 25.7 Å². The van der Waals surface area contributed by atoms with Crippen LogP contribution in [0.2, 0.25) is 0 Å². The lowest BCUT2D eigenvalue weighted by molar-refractivity contribution is -0.123. The van der Waals surface area contributed by atoms with Crippen molar-refractivity contribution >= 4 is 5.78 Å². The van der Waals surface area contributed by atoms with E-state index in [2.05, 4.69) is 24.3 Å². The van der Waals surface area contributed by atoms with Crippen molar-refractivity contribution in [1.82, 2.24) is 0 Å². The molecule has 2 rings (SSSR count). The molecule has 1 unspecified atom stereocenters. The second-order valence-electron chi connectivity index (χ2n) is 3.99. The zero-order chi connectivity index (χ0) is 9.80. The molecule has 0 amide bonds. The van der Waals surface area contributed by atoms with E-state index in [1.54, 1.807) is 0 Å². The highest BCUT2D eigenvalue weighted by Gasteiger charge is 2.22. The fourth-order valence-electron chi connectivity index (χ4n) is 2.08. The number of rotatable bonds is 2. The Morgan fingerprint density at radius 2 is 1.86 bits per heavy atom. The quantitative estimate of drug-likeness (QED) is 0.609. The maximum atomic E-state index is 12.0. The van der Waals surface area contributed by atoms with Crippen LogP contribution in [0, 0.1) is 11.8 Å². The molecular formula is C13H16O. The van der Waals surface area contributed by atoms with Crippen molar-refractivity contribution in [2.75, 3.05) is 0 Å². The molecule has 0 saturated carbocycles. The molecule has 0 saturated heterocycles. The van der Waals surface area contributed by atoms with E-state index in [1.807, 2.05) is 12.2 Å². The van der Waals surface area contributed by atoms with E-state index in [4.69, 9.17) is 0 Å². The van der Waals surface area contributed by atoms with Crippen molar-refractivity contribution in [1.29, 1.82) is 0 Å². The van der Waals surface area contributed by atoms with Crippen LogP contribution in [-0.2, 0) is 4.79 Å². The Balaban J connectivity index is 2.03. The number of ketones is 1. The second-order valence-corrected chi connectivity index (χ2v) is 3.99. The molecule has 14 heavy (non-hydrogen) atoms. The Hall–Kier alpha value is -1.11. The summed E-state index contributed by atoms with van der Waals surface area (Å²) in [5.41, 5.74) is 0. The van der Waals surface area contributed by atoms with Crippen LogP contribution >= 0.6 is 0 Å². The van der Waals surface area contributed by atoms with Crippen LogP contribution in [0.5, 0.6) is 0 Å². The molecule has 1 nitrogen and oxygen atoms in total. The van der Waals surface area contributed by atoms with Gasteiger partial charge in [0.2, 0.25) is 0 Å². The zero-order valence-corrected chi connectivity index (χ0v) is 8.36. The predicted molar refractivity (Wildman–Crippen MR) is 57.9 cm³/mol. The van der Waals surface area contributed by atoms with Crippen LogP contribution < -0.4 is 0 Å². The van der Waals surface area contributed by atoms with Gasteiger partial charge in [0.15, 0.2) is 0 Å². The summed E-state index contributed by atoms with van der Waals surface area (Å²) in [7, 11) is 0. The molecular weight excluding hydrogens is 172 g/mol. The van der Waals surface area contributed by atoms with Crippen molar-refractivity contribution in [2.24, 2.45) is 11.8 Å². The Morgan fingerprint density at radius 3 is 2.50 bits per heavy atom. The van der Waals surface area contributed by atoms with Crippen molar-refractivity contribution < 1.29 is 4.79 Å². The first-order valence-corrected chi connectivity index (χ1v) is 5.41. The Labute approximate surface area is 85.2 Å². The van der Waals surface area contributed by atoms with Gasteiger partial charge in [-0.1, -0.05) is 36.5 Å². The Kier molecular flexibility index (Phi) is 2.97.